The van der Waals surface area contributed by atoms with Gasteiger partial charge in [-0.05, 0) is 26.0 Å². The van der Waals surface area contributed by atoms with Crippen LogP contribution in [0.5, 0.6) is 0 Å². The van der Waals surface area contributed by atoms with Gasteiger partial charge in [0, 0.05) is 6.08 Å². The van der Waals surface area contributed by atoms with E-state index in [0.717, 1.165) is 18.2 Å². The summed E-state index contributed by atoms with van der Waals surface area (Å²) in [5, 5.41) is 25.3. The predicted octanol–water partition coefficient (Wildman–Crippen LogP) is 0.801. The van der Waals surface area contributed by atoms with Gasteiger partial charge in [0.1, 0.15) is 10.7 Å². The number of nitro groups is 1. The fraction of sp³-hybridized carbons (Fsp3) is 0.333. The van der Waals surface area contributed by atoms with Crippen LogP contribution < -0.4 is 5.14 Å². The van der Waals surface area contributed by atoms with Gasteiger partial charge in [-0.1, -0.05) is 0 Å². The van der Waals surface area contributed by atoms with Gasteiger partial charge in [0.2, 0.25) is 10.0 Å². The van der Waals surface area contributed by atoms with Gasteiger partial charge < -0.3 is 5.11 Å². The van der Waals surface area contributed by atoms with E-state index in [1.165, 1.54) is 13.8 Å². The lowest BCUT2D eigenvalue weighted by Crippen LogP contribution is -2.19. The summed E-state index contributed by atoms with van der Waals surface area (Å²) in [6.07, 6.45) is 3.04. The van der Waals surface area contributed by atoms with Crippen LogP contribution in [0.25, 0.3) is 0 Å². The Morgan fingerprint density at radius 1 is 1.41 bits per heavy atom. The van der Waals surface area contributed by atoms with Gasteiger partial charge in [0.05, 0.1) is 10.3 Å². The monoisotopic (exact) mass is 260 g/mol. The lowest BCUT2D eigenvalue weighted by Gasteiger charge is -2.15. The third-order valence-corrected chi connectivity index (χ3v) is 3.26. The lowest BCUT2D eigenvalue weighted by molar-refractivity contribution is -0.437. The molecule has 0 aromatic rings. The van der Waals surface area contributed by atoms with Crippen LogP contribution in [0, 0.1) is 15.5 Å². The van der Waals surface area contributed by atoms with E-state index in [1.807, 2.05) is 0 Å². The Bertz CT molecular complexity index is 554. The number of aliphatic hydroxyl groups excluding tert-OH is 1. The molecule has 0 saturated heterocycles. The van der Waals surface area contributed by atoms with Crippen LogP contribution in [0.15, 0.2) is 34.6 Å². The molecule has 0 unspecified atom stereocenters. The van der Waals surface area contributed by atoms with Gasteiger partial charge >= 0.3 is 0 Å². The second-order valence-corrected chi connectivity index (χ2v) is 5.67. The highest BCUT2D eigenvalue weighted by Gasteiger charge is 2.35. The third kappa shape index (κ3) is 2.71. The molecule has 94 valence electrons. The molecule has 17 heavy (non-hydrogen) atoms. The Kier molecular flexibility index (Phi) is 3.13. The zero-order valence-electron chi connectivity index (χ0n) is 9.25. The van der Waals surface area contributed by atoms with E-state index in [-0.39, 0.29) is 5.70 Å². The molecule has 7 nitrogen and oxygen atoms in total. The van der Waals surface area contributed by atoms with Crippen LogP contribution >= 0.6 is 0 Å². The van der Waals surface area contributed by atoms with Crippen LogP contribution in [0.2, 0.25) is 0 Å². The maximum absolute atomic E-state index is 11.1. The smallest absolute Gasteiger partial charge is 0.255 e. The van der Waals surface area contributed by atoms with Crippen molar-refractivity contribution in [2.75, 3.05) is 0 Å². The van der Waals surface area contributed by atoms with Crippen LogP contribution in [-0.2, 0) is 10.0 Å². The van der Waals surface area contributed by atoms with Crippen molar-refractivity contribution in [3.63, 3.8) is 0 Å². The molecule has 0 atom stereocenters. The maximum Gasteiger partial charge on any atom is 0.255 e. The molecule has 0 radical (unpaired) electrons. The summed E-state index contributed by atoms with van der Waals surface area (Å²) in [4.78, 5) is 9.63. The number of aliphatic hydroxyl groups is 1. The second kappa shape index (κ2) is 3.97. The fourth-order valence-corrected chi connectivity index (χ4v) is 2.09. The summed E-state index contributed by atoms with van der Waals surface area (Å²) in [6, 6.07) is 0. The van der Waals surface area contributed by atoms with E-state index in [2.05, 4.69) is 0 Å². The third-order valence-electron chi connectivity index (χ3n) is 2.31. The molecular formula is C9H12N2O5S. The molecule has 1 rings (SSSR count). The number of rotatable bonds is 2. The van der Waals surface area contributed by atoms with Crippen molar-refractivity contribution in [3.8, 4) is 0 Å². The minimum atomic E-state index is -4.12. The number of nitrogens with two attached hydrogens (primary N) is 1. The van der Waals surface area contributed by atoms with E-state index in [4.69, 9.17) is 5.14 Å². The first kappa shape index (κ1) is 13.4. The second-order valence-electron chi connectivity index (χ2n) is 4.14. The molecule has 0 aromatic heterocycles. The zero-order chi connectivity index (χ0) is 13.4. The highest BCUT2D eigenvalue weighted by Crippen LogP contribution is 2.33. The van der Waals surface area contributed by atoms with E-state index in [9.17, 15) is 23.6 Å². The highest BCUT2D eigenvalue weighted by molar-refractivity contribution is 7.93. The fourth-order valence-electron chi connectivity index (χ4n) is 1.48. The summed E-state index contributed by atoms with van der Waals surface area (Å²) in [6.45, 7) is 2.97. The van der Waals surface area contributed by atoms with Gasteiger partial charge in [-0.3, -0.25) is 10.1 Å². The van der Waals surface area contributed by atoms with E-state index in [0.29, 0.717) is 0 Å². The van der Waals surface area contributed by atoms with Crippen LogP contribution in [0.1, 0.15) is 13.8 Å². The molecule has 0 aliphatic heterocycles. The Labute approximate surface area is 98.1 Å². The number of primary sulfonamides is 1. The number of hydrogen-bond donors (Lipinski definition) is 2. The van der Waals surface area contributed by atoms with Crippen molar-refractivity contribution >= 4 is 10.0 Å². The van der Waals surface area contributed by atoms with Crippen molar-refractivity contribution in [3.05, 3.63) is 44.7 Å². The first-order valence-electron chi connectivity index (χ1n) is 4.57. The normalized spacial score (nSPS) is 19.8. The largest absolute Gasteiger partial charge is 0.507 e. The summed E-state index contributed by atoms with van der Waals surface area (Å²) in [5.74, 6) is -0.592. The van der Waals surface area contributed by atoms with Crippen molar-refractivity contribution in [2.24, 2.45) is 10.6 Å². The first-order valence-corrected chi connectivity index (χ1v) is 6.12. The molecule has 1 aliphatic rings. The standard InChI is InChI=1S/C9H12N2O5S/c1-9(2)5-6(12)7(17(10,15)16)3-4-8(9)11(13)14/h3-5,12H,1-2H3,(H2,10,15,16). The number of hydrogen-bond acceptors (Lipinski definition) is 5. The molecule has 0 fully saturated rings. The van der Waals surface area contributed by atoms with Crippen LogP contribution in [0.3, 0.4) is 0 Å². The molecule has 0 bridgehead atoms. The predicted molar refractivity (Wildman–Crippen MR) is 60.8 cm³/mol. The number of allylic oxidation sites excluding steroid dienone is 3. The molecule has 0 aromatic carbocycles. The Morgan fingerprint density at radius 2 is 1.94 bits per heavy atom. The molecule has 3 N–H and O–H groups in total. The van der Waals surface area contributed by atoms with E-state index < -0.39 is 31.0 Å². The summed E-state index contributed by atoms with van der Waals surface area (Å²) in [7, 11) is -4.12. The zero-order valence-corrected chi connectivity index (χ0v) is 10.1. The van der Waals surface area contributed by atoms with Gasteiger partial charge in [-0.2, -0.15) is 0 Å². The maximum atomic E-state index is 11.1. The number of nitrogens with zero attached hydrogens (tertiary/aromatic N) is 1. The summed E-state index contributed by atoms with van der Waals surface area (Å²) in [5.41, 5.74) is -1.33. The molecule has 1 aliphatic carbocycles. The average molecular weight is 260 g/mol. The molecule has 0 spiro atoms. The summed E-state index contributed by atoms with van der Waals surface area (Å²) >= 11 is 0. The Hall–Kier alpha value is -1.67. The van der Waals surface area contributed by atoms with Gasteiger partial charge in [-0.25, -0.2) is 13.6 Å². The van der Waals surface area contributed by atoms with Crippen LogP contribution in [0.4, 0.5) is 0 Å². The SMILES string of the molecule is CC1(C)C=C(O)C(S(N)(=O)=O)=CC=C1[N+](=O)[O-]. The lowest BCUT2D eigenvalue weighted by atomic mass is 9.89. The molecule has 0 amide bonds. The minimum Gasteiger partial charge on any atom is -0.507 e. The molecule has 0 heterocycles. The van der Waals surface area contributed by atoms with Gasteiger partial charge in [0.15, 0.2) is 0 Å². The van der Waals surface area contributed by atoms with Crippen molar-refractivity contribution in [2.45, 2.75) is 13.8 Å². The van der Waals surface area contributed by atoms with Gasteiger partial charge in [0.25, 0.3) is 5.70 Å². The van der Waals surface area contributed by atoms with Crippen molar-refractivity contribution in [1.82, 2.24) is 0 Å². The highest BCUT2D eigenvalue weighted by atomic mass is 32.2. The first-order chi connectivity index (χ1) is 7.55. The van der Waals surface area contributed by atoms with Crippen LogP contribution in [-0.4, -0.2) is 18.4 Å². The van der Waals surface area contributed by atoms with E-state index in [1.54, 1.807) is 0 Å². The Balaban J connectivity index is 3.49. The Morgan fingerprint density at radius 3 is 2.35 bits per heavy atom. The summed E-state index contributed by atoms with van der Waals surface area (Å²) < 4.78 is 22.3. The molecule has 0 saturated carbocycles. The van der Waals surface area contributed by atoms with Gasteiger partial charge in [-0.15, -0.1) is 0 Å². The molecular weight excluding hydrogens is 248 g/mol. The average Bonchev–Trinajstić information content (AvgIpc) is 2.18. The minimum absolute atomic E-state index is 0.234. The van der Waals surface area contributed by atoms with Crippen molar-refractivity contribution in [1.29, 1.82) is 0 Å². The molecule has 8 heteroatoms. The quantitative estimate of drug-likeness (QED) is 0.561. The van der Waals surface area contributed by atoms with E-state index >= 15 is 0 Å². The van der Waals surface area contributed by atoms with Crippen molar-refractivity contribution < 1.29 is 18.4 Å². The number of sulfonamides is 1. The topological polar surface area (TPSA) is 124 Å².